The first kappa shape index (κ1) is 8.87. The monoisotopic (exact) mass is 175 g/mol. The SMILES string of the molecule is COC1C(SC)CC(=O)N1C. The van der Waals surface area contributed by atoms with Gasteiger partial charge in [0.1, 0.15) is 6.23 Å². The van der Waals surface area contributed by atoms with Crippen LogP contribution < -0.4 is 0 Å². The lowest BCUT2D eigenvalue weighted by molar-refractivity contribution is -0.132. The van der Waals surface area contributed by atoms with Crippen LogP contribution in [0.15, 0.2) is 0 Å². The van der Waals surface area contributed by atoms with E-state index in [1.165, 1.54) is 0 Å². The third-order valence-electron chi connectivity index (χ3n) is 2.01. The Balaban J connectivity index is 2.64. The highest BCUT2D eigenvalue weighted by atomic mass is 32.2. The molecule has 1 saturated heterocycles. The molecule has 1 aliphatic rings. The summed E-state index contributed by atoms with van der Waals surface area (Å²) in [4.78, 5) is 12.8. The first-order chi connectivity index (χ1) is 5.20. The van der Waals surface area contributed by atoms with Gasteiger partial charge >= 0.3 is 0 Å². The molecule has 0 aromatic rings. The Morgan fingerprint density at radius 1 is 1.73 bits per heavy atom. The van der Waals surface area contributed by atoms with E-state index >= 15 is 0 Å². The summed E-state index contributed by atoms with van der Waals surface area (Å²) in [5.41, 5.74) is 0. The summed E-state index contributed by atoms with van der Waals surface area (Å²) >= 11 is 1.69. The van der Waals surface area contributed by atoms with Crippen LogP contribution in [0.5, 0.6) is 0 Å². The number of rotatable bonds is 2. The molecule has 64 valence electrons. The van der Waals surface area contributed by atoms with Gasteiger partial charge in [0.05, 0.1) is 5.25 Å². The third kappa shape index (κ3) is 1.51. The van der Waals surface area contributed by atoms with Crippen LogP contribution in [0, 0.1) is 0 Å². The average Bonchev–Trinajstić information content (AvgIpc) is 2.28. The zero-order valence-corrected chi connectivity index (χ0v) is 7.85. The highest BCUT2D eigenvalue weighted by Gasteiger charge is 2.36. The van der Waals surface area contributed by atoms with Gasteiger partial charge in [-0.15, -0.1) is 0 Å². The van der Waals surface area contributed by atoms with Crippen molar-refractivity contribution in [1.29, 1.82) is 0 Å². The molecule has 0 spiro atoms. The molecule has 0 bridgehead atoms. The first-order valence-electron chi connectivity index (χ1n) is 3.52. The van der Waals surface area contributed by atoms with Crippen LogP contribution in [-0.2, 0) is 9.53 Å². The third-order valence-corrected chi connectivity index (χ3v) is 3.02. The second kappa shape index (κ2) is 3.45. The fraction of sp³-hybridized carbons (Fsp3) is 0.857. The fourth-order valence-corrected chi connectivity index (χ4v) is 2.15. The molecule has 1 heterocycles. The molecule has 1 amide bonds. The minimum atomic E-state index is -0.0301. The predicted molar refractivity (Wildman–Crippen MR) is 45.5 cm³/mol. The maximum absolute atomic E-state index is 11.1. The van der Waals surface area contributed by atoms with Gasteiger partial charge in [-0.25, -0.2) is 0 Å². The number of thioether (sulfide) groups is 1. The van der Waals surface area contributed by atoms with E-state index in [9.17, 15) is 4.79 Å². The number of methoxy groups -OCH3 is 1. The Morgan fingerprint density at radius 2 is 2.36 bits per heavy atom. The lowest BCUT2D eigenvalue weighted by Crippen LogP contribution is -2.34. The van der Waals surface area contributed by atoms with Crippen LogP contribution in [0.3, 0.4) is 0 Å². The maximum Gasteiger partial charge on any atom is 0.225 e. The van der Waals surface area contributed by atoms with Gasteiger partial charge in [-0.1, -0.05) is 0 Å². The Labute approximate surface area is 71.1 Å². The van der Waals surface area contributed by atoms with E-state index < -0.39 is 0 Å². The summed E-state index contributed by atoms with van der Waals surface area (Å²) in [7, 11) is 3.43. The van der Waals surface area contributed by atoms with Gasteiger partial charge in [-0.3, -0.25) is 4.79 Å². The molecule has 4 heteroatoms. The predicted octanol–water partition coefficient (Wildman–Crippen LogP) is 0.553. The molecule has 0 aliphatic carbocycles. The van der Waals surface area contributed by atoms with E-state index in [2.05, 4.69) is 0 Å². The molecule has 11 heavy (non-hydrogen) atoms. The topological polar surface area (TPSA) is 29.5 Å². The Bertz CT molecular complexity index is 163. The molecule has 1 aliphatic heterocycles. The molecule has 1 rings (SSSR count). The van der Waals surface area contributed by atoms with Crippen LogP contribution in [0.2, 0.25) is 0 Å². The van der Waals surface area contributed by atoms with Gasteiger partial charge in [0.25, 0.3) is 0 Å². The molecule has 0 aromatic heterocycles. The lowest BCUT2D eigenvalue weighted by atomic mass is 10.3. The number of amides is 1. The molecular formula is C7H13NO2S. The zero-order chi connectivity index (χ0) is 8.43. The van der Waals surface area contributed by atoms with Crippen LogP contribution >= 0.6 is 11.8 Å². The van der Waals surface area contributed by atoms with Crippen molar-refractivity contribution in [3.8, 4) is 0 Å². The van der Waals surface area contributed by atoms with E-state index in [1.807, 2.05) is 6.26 Å². The number of nitrogens with zero attached hydrogens (tertiary/aromatic N) is 1. The number of carbonyl (C=O) groups is 1. The van der Waals surface area contributed by atoms with Crippen molar-refractivity contribution < 1.29 is 9.53 Å². The van der Waals surface area contributed by atoms with Gasteiger partial charge in [-0.2, -0.15) is 11.8 Å². The van der Waals surface area contributed by atoms with E-state index in [0.717, 1.165) is 0 Å². The van der Waals surface area contributed by atoms with Crippen LogP contribution in [-0.4, -0.2) is 42.7 Å². The molecule has 2 unspecified atom stereocenters. The van der Waals surface area contributed by atoms with Crippen molar-refractivity contribution >= 4 is 17.7 Å². The van der Waals surface area contributed by atoms with Gasteiger partial charge in [-0.05, 0) is 6.26 Å². The summed E-state index contributed by atoms with van der Waals surface area (Å²) in [5.74, 6) is 0.177. The Hall–Kier alpha value is -0.220. The van der Waals surface area contributed by atoms with Gasteiger partial charge in [0.15, 0.2) is 0 Å². The maximum atomic E-state index is 11.1. The van der Waals surface area contributed by atoms with Gasteiger partial charge < -0.3 is 9.64 Å². The number of hydrogen-bond donors (Lipinski definition) is 0. The van der Waals surface area contributed by atoms with Crippen molar-refractivity contribution in [2.75, 3.05) is 20.4 Å². The summed E-state index contributed by atoms with van der Waals surface area (Å²) in [6.45, 7) is 0. The highest BCUT2D eigenvalue weighted by Crippen LogP contribution is 2.27. The van der Waals surface area contributed by atoms with E-state index in [1.54, 1.807) is 30.8 Å². The first-order valence-corrected chi connectivity index (χ1v) is 4.80. The van der Waals surface area contributed by atoms with Gasteiger partial charge in [0.2, 0.25) is 5.91 Å². The second-order valence-electron chi connectivity index (χ2n) is 2.61. The number of hydrogen-bond acceptors (Lipinski definition) is 3. The van der Waals surface area contributed by atoms with E-state index in [4.69, 9.17) is 4.74 Å². The molecule has 0 N–H and O–H groups in total. The van der Waals surface area contributed by atoms with Crippen molar-refractivity contribution in [1.82, 2.24) is 4.90 Å². The number of likely N-dealkylation sites (tertiary alicyclic amines) is 1. The smallest absolute Gasteiger partial charge is 0.225 e. The van der Waals surface area contributed by atoms with Crippen LogP contribution in [0.1, 0.15) is 6.42 Å². The van der Waals surface area contributed by atoms with E-state index in [0.29, 0.717) is 11.7 Å². The summed E-state index contributed by atoms with van der Waals surface area (Å²) in [5, 5.41) is 0.303. The molecule has 3 nitrogen and oxygen atoms in total. The molecule has 0 radical (unpaired) electrons. The minimum absolute atomic E-state index is 0.0301. The Morgan fingerprint density at radius 3 is 2.73 bits per heavy atom. The number of carbonyl (C=O) groups excluding carboxylic acids is 1. The zero-order valence-electron chi connectivity index (χ0n) is 7.03. The summed E-state index contributed by atoms with van der Waals surface area (Å²) in [6, 6.07) is 0. The molecular weight excluding hydrogens is 162 g/mol. The van der Waals surface area contributed by atoms with Crippen molar-refractivity contribution in [2.45, 2.75) is 17.9 Å². The summed E-state index contributed by atoms with van der Waals surface area (Å²) < 4.78 is 5.18. The quantitative estimate of drug-likeness (QED) is 0.614. The average molecular weight is 175 g/mol. The summed E-state index contributed by atoms with van der Waals surface area (Å²) in [6.07, 6.45) is 2.58. The Kier molecular flexibility index (Phi) is 2.78. The molecule has 0 aromatic carbocycles. The highest BCUT2D eigenvalue weighted by molar-refractivity contribution is 7.99. The molecule has 1 fully saturated rings. The fourth-order valence-electron chi connectivity index (χ4n) is 1.32. The van der Waals surface area contributed by atoms with Crippen molar-refractivity contribution in [3.63, 3.8) is 0 Å². The van der Waals surface area contributed by atoms with Gasteiger partial charge in [0, 0.05) is 20.6 Å². The number of ether oxygens (including phenoxy) is 1. The second-order valence-corrected chi connectivity index (χ2v) is 3.69. The van der Waals surface area contributed by atoms with Crippen molar-refractivity contribution in [2.24, 2.45) is 0 Å². The molecule has 2 atom stereocenters. The van der Waals surface area contributed by atoms with Crippen LogP contribution in [0.25, 0.3) is 0 Å². The van der Waals surface area contributed by atoms with Crippen LogP contribution in [0.4, 0.5) is 0 Å². The van der Waals surface area contributed by atoms with E-state index in [-0.39, 0.29) is 12.1 Å². The minimum Gasteiger partial charge on any atom is -0.360 e. The van der Waals surface area contributed by atoms with Crippen molar-refractivity contribution in [3.05, 3.63) is 0 Å². The lowest BCUT2D eigenvalue weighted by Gasteiger charge is -2.21. The standard InChI is InChI=1S/C7H13NO2S/c1-8-6(9)4-5(11-3)7(8)10-2/h5,7H,4H2,1-3H3. The largest absolute Gasteiger partial charge is 0.360 e. The molecule has 0 saturated carbocycles. The normalized spacial score (nSPS) is 31.5.